The van der Waals surface area contributed by atoms with Crippen molar-refractivity contribution in [1.82, 2.24) is 14.7 Å². The quantitative estimate of drug-likeness (QED) is 0.534. The lowest BCUT2D eigenvalue weighted by Gasteiger charge is -2.29. The third kappa shape index (κ3) is 4.08. The van der Waals surface area contributed by atoms with Gasteiger partial charge in [0.15, 0.2) is 5.76 Å². The molecule has 0 amide bonds. The van der Waals surface area contributed by atoms with Gasteiger partial charge in [-0.05, 0) is 50.2 Å². The molecular formula is C23H25ClN4O. The van der Waals surface area contributed by atoms with Crippen LogP contribution in [-0.4, -0.2) is 33.8 Å². The number of hydrogen-bond donors (Lipinski definition) is 1. The molecule has 0 bridgehead atoms. The van der Waals surface area contributed by atoms with Crippen molar-refractivity contribution in [1.29, 1.82) is 0 Å². The Hall–Kier alpha value is -2.60. The van der Waals surface area contributed by atoms with Gasteiger partial charge in [0, 0.05) is 29.7 Å². The van der Waals surface area contributed by atoms with Gasteiger partial charge < -0.3 is 10.2 Å². The van der Waals surface area contributed by atoms with Crippen LogP contribution >= 0.6 is 12.4 Å². The Labute approximate surface area is 176 Å². The minimum absolute atomic E-state index is 0. The Morgan fingerprint density at radius 1 is 1.00 bits per heavy atom. The Bertz CT molecular complexity index is 1050. The van der Waals surface area contributed by atoms with Crippen molar-refractivity contribution in [3.63, 3.8) is 0 Å². The number of halogens is 1. The van der Waals surface area contributed by atoms with Gasteiger partial charge in [0.2, 0.25) is 0 Å². The summed E-state index contributed by atoms with van der Waals surface area (Å²) in [4.78, 5) is 2.46. The van der Waals surface area contributed by atoms with E-state index in [1.807, 2.05) is 41.1 Å². The van der Waals surface area contributed by atoms with E-state index in [0.29, 0.717) is 6.04 Å². The van der Waals surface area contributed by atoms with Crippen molar-refractivity contribution < 1.29 is 4.42 Å². The lowest BCUT2D eigenvalue weighted by atomic mass is 10.1. The standard InChI is InChI=1S/C23H24N4O.ClH/c24-19-10-12-26(13-11-19)15-18-16-27(20-7-2-1-3-8-20)25-23(18)22-14-17-6-4-5-9-21(17)28-22;/h1-9,14,16,19H,10-13,15,24H2;1H. The van der Waals surface area contributed by atoms with Crippen molar-refractivity contribution in [2.45, 2.75) is 25.4 Å². The third-order valence-electron chi connectivity index (χ3n) is 5.50. The average Bonchev–Trinajstić information content (AvgIpc) is 3.34. The number of fused-ring (bicyclic) bond motifs is 1. The lowest BCUT2D eigenvalue weighted by Crippen LogP contribution is -2.39. The zero-order chi connectivity index (χ0) is 18.9. The lowest BCUT2D eigenvalue weighted by molar-refractivity contribution is 0.206. The van der Waals surface area contributed by atoms with Crippen molar-refractivity contribution in [3.05, 3.63) is 72.4 Å². The maximum Gasteiger partial charge on any atom is 0.156 e. The van der Waals surface area contributed by atoms with Gasteiger partial charge in [-0.15, -0.1) is 12.4 Å². The van der Waals surface area contributed by atoms with Crippen molar-refractivity contribution >= 4 is 23.4 Å². The van der Waals surface area contributed by atoms with Crippen LogP contribution in [0.3, 0.4) is 0 Å². The summed E-state index contributed by atoms with van der Waals surface area (Å²) in [6.45, 7) is 2.90. The van der Waals surface area contributed by atoms with E-state index in [1.165, 1.54) is 5.56 Å². The van der Waals surface area contributed by atoms with Gasteiger partial charge in [0.1, 0.15) is 11.3 Å². The predicted octanol–water partition coefficient (Wildman–Crippen LogP) is 4.63. The Morgan fingerprint density at radius 3 is 2.48 bits per heavy atom. The van der Waals surface area contributed by atoms with Crippen molar-refractivity contribution in [2.24, 2.45) is 5.73 Å². The average molecular weight is 409 g/mol. The molecule has 5 nitrogen and oxygen atoms in total. The number of likely N-dealkylation sites (tertiary alicyclic amines) is 1. The van der Waals surface area contributed by atoms with Gasteiger partial charge in [0.05, 0.1) is 5.69 Å². The molecule has 2 aromatic carbocycles. The van der Waals surface area contributed by atoms with Crippen LogP contribution in [0.4, 0.5) is 0 Å². The second kappa shape index (κ2) is 8.41. The molecule has 6 heteroatoms. The maximum atomic E-state index is 6.14. The first-order valence-electron chi connectivity index (χ1n) is 9.87. The molecule has 1 saturated heterocycles. The monoisotopic (exact) mass is 408 g/mol. The van der Waals surface area contributed by atoms with Gasteiger partial charge in [-0.3, -0.25) is 4.90 Å². The van der Waals surface area contributed by atoms with Crippen LogP contribution in [0.1, 0.15) is 18.4 Å². The van der Waals surface area contributed by atoms with Gasteiger partial charge >= 0.3 is 0 Å². The highest BCUT2D eigenvalue weighted by atomic mass is 35.5. The molecule has 0 radical (unpaired) electrons. The number of para-hydroxylation sites is 2. The van der Waals surface area contributed by atoms with E-state index in [2.05, 4.69) is 35.4 Å². The Kier molecular flexibility index (Phi) is 5.72. The molecule has 1 aliphatic heterocycles. The van der Waals surface area contributed by atoms with Gasteiger partial charge in [-0.2, -0.15) is 5.10 Å². The molecule has 2 aromatic heterocycles. The van der Waals surface area contributed by atoms with E-state index in [-0.39, 0.29) is 12.4 Å². The SMILES string of the molecule is Cl.NC1CCN(Cc2cn(-c3ccccc3)nc2-c2cc3ccccc3o2)CC1. The Morgan fingerprint density at radius 2 is 1.72 bits per heavy atom. The smallest absolute Gasteiger partial charge is 0.156 e. The van der Waals surface area contributed by atoms with Crippen LogP contribution < -0.4 is 5.73 Å². The molecule has 29 heavy (non-hydrogen) atoms. The van der Waals surface area contributed by atoms with Crippen LogP contribution in [0.5, 0.6) is 0 Å². The molecule has 1 fully saturated rings. The first-order valence-corrected chi connectivity index (χ1v) is 9.87. The topological polar surface area (TPSA) is 60.2 Å². The third-order valence-corrected chi connectivity index (χ3v) is 5.50. The highest BCUT2D eigenvalue weighted by molar-refractivity contribution is 5.85. The second-order valence-corrected chi connectivity index (χ2v) is 7.55. The number of hydrogen-bond acceptors (Lipinski definition) is 4. The first kappa shape index (κ1) is 19.7. The fourth-order valence-electron chi connectivity index (χ4n) is 3.90. The van der Waals surface area contributed by atoms with Crippen LogP contribution in [0.25, 0.3) is 28.1 Å². The van der Waals surface area contributed by atoms with E-state index in [1.54, 1.807) is 0 Å². The van der Waals surface area contributed by atoms with Crippen molar-refractivity contribution in [2.75, 3.05) is 13.1 Å². The molecule has 150 valence electrons. The molecule has 3 heterocycles. The highest BCUT2D eigenvalue weighted by Gasteiger charge is 2.21. The maximum absolute atomic E-state index is 6.14. The summed E-state index contributed by atoms with van der Waals surface area (Å²) in [5.41, 5.74) is 10.1. The fraction of sp³-hybridized carbons (Fsp3) is 0.261. The molecular weight excluding hydrogens is 384 g/mol. The zero-order valence-corrected chi connectivity index (χ0v) is 17.0. The zero-order valence-electron chi connectivity index (χ0n) is 16.2. The van der Waals surface area contributed by atoms with Gasteiger partial charge in [-0.25, -0.2) is 4.68 Å². The predicted molar refractivity (Wildman–Crippen MR) is 119 cm³/mol. The molecule has 0 unspecified atom stereocenters. The summed E-state index contributed by atoms with van der Waals surface area (Å²) >= 11 is 0. The number of nitrogens with two attached hydrogens (primary N) is 1. The summed E-state index contributed by atoms with van der Waals surface area (Å²) in [5.74, 6) is 0.819. The summed E-state index contributed by atoms with van der Waals surface area (Å²) in [6.07, 6.45) is 4.23. The van der Waals surface area contributed by atoms with E-state index in [9.17, 15) is 0 Å². The van der Waals surface area contributed by atoms with E-state index in [0.717, 1.165) is 60.6 Å². The highest BCUT2D eigenvalue weighted by Crippen LogP contribution is 2.31. The number of benzene rings is 2. The summed E-state index contributed by atoms with van der Waals surface area (Å²) in [6, 6.07) is 20.7. The number of furan rings is 1. The molecule has 5 rings (SSSR count). The molecule has 0 spiro atoms. The van der Waals surface area contributed by atoms with Crippen LogP contribution in [0, 0.1) is 0 Å². The fourth-order valence-corrected chi connectivity index (χ4v) is 3.90. The largest absolute Gasteiger partial charge is 0.454 e. The number of piperidine rings is 1. The number of nitrogens with zero attached hydrogens (tertiary/aromatic N) is 3. The van der Waals surface area contributed by atoms with Crippen LogP contribution in [-0.2, 0) is 6.54 Å². The van der Waals surface area contributed by atoms with Crippen LogP contribution in [0.15, 0.2) is 71.3 Å². The second-order valence-electron chi connectivity index (χ2n) is 7.55. The van der Waals surface area contributed by atoms with Gasteiger partial charge in [-0.1, -0.05) is 36.4 Å². The molecule has 0 atom stereocenters. The van der Waals surface area contributed by atoms with Gasteiger partial charge in [0.25, 0.3) is 0 Å². The first-order chi connectivity index (χ1) is 13.8. The van der Waals surface area contributed by atoms with Crippen molar-refractivity contribution in [3.8, 4) is 17.1 Å². The molecule has 0 aliphatic carbocycles. The minimum atomic E-state index is 0. The normalized spacial score (nSPS) is 15.5. The number of aromatic nitrogens is 2. The molecule has 0 saturated carbocycles. The number of rotatable bonds is 4. The summed E-state index contributed by atoms with van der Waals surface area (Å²) in [7, 11) is 0. The van der Waals surface area contributed by atoms with E-state index in [4.69, 9.17) is 15.2 Å². The molecule has 1 aliphatic rings. The minimum Gasteiger partial charge on any atom is -0.454 e. The van der Waals surface area contributed by atoms with E-state index < -0.39 is 0 Å². The summed E-state index contributed by atoms with van der Waals surface area (Å²) in [5, 5.41) is 6.00. The van der Waals surface area contributed by atoms with E-state index >= 15 is 0 Å². The Balaban J connectivity index is 0.00000205. The van der Waals surface area contributed by atoms with Crippen LogP contribution in [0.2, 0.25) is 0 Å². The molecule has 4 aromatic rings. The summed E-state index contributed by atoms with van der Waals surface area (Å²) < 4.78 is 8.09. The molecule has 2 N–H and O–H groups in total.